The Balaban J connectivity index is 2.03. The Morgan fingerprint density at radius 2 is 1.93 bits per heavy atom. The first-order valence-corrected chi connectivity index (χ1v) is 10.3. The lowest BCUT2D eigenvalue weighted by molar-refractivity contribution is 0.0981. The first-order chi connectivity index (χ1) is 12.7. The average molecular weight is 388 g/mol. The summed E-state index contributed by atoms with van der Waals surface area (Å²) < 4.78 is 33.1. The Hall–Kier alpha value is -2.38. The van der Waals surface area contributed by atoms with Gasteiger partial charge in [-0.15, -0.1) is 0 Å². The van der Waals surface area contributed by atoms with E-state index in [2.05, 4.69) is 4.72 Å². The first kappa shape index (κ1) is 19.4. The number of nitrogens with one attached hydrogen (secondary N) is 1. The van der Waals surface area contributed by atoms with E-state index in [1.165, 1.54) is 19.2 Å². The van der Waals surface area contributed by atoms with Crippen molar-refractivity contribution in [2.75, 3.05) is 12.0 Å². The number of anilines is 1. The maximum Gasteiger partial charge on any atom is 0.258 e. The fourth-order valence-electron chi connectivity index (χ4n) is 3.41. The van der Waals surface area contributed by atoms with Crippen LogP contribution in [0.1, 0.15) is 36.7 Å². The Kier molecular flexibility index (Phi) is 5.26. The van der Waals surface area contributed by atoms with E-state index >= 15 is 0 Å². The summed E-state index contributed by atoms with van der Waals surface area (Å²) in [6.07, 6.45) is 0.776. The van der Waals surface area contributed by atoms with Crippen LogP contribution in [0.3, 0.4) is 0 Å². The van der Waals surface area contributed by atoms with Crippen molar-refractivity contribution in [2.45, 2.75) is 44.2 Å². The molecular formula is C20H24N2O4S. The predicted molar refractivity (Wildman–Crippen MR) is 105 cm³/mol. The zero-order valence-electron chi connectivity index (χ0n) is 15.9. The third kappa shape index (κ3) is 3.70. The maximum atomic E-state index is 13.2. The van der Waals surface area contributed by atoms with Crippen LogP contribution in [0.2, 0.25) is 0 Å². The number of nitrogens with zero attached hydrogens (tertiary/aromatic N) is 1. The highest BCUT2D eigenvalue weighted by Crippen LogP contribution is 2.34. The van der Waals surface area contributed by atoms with Gasteiger partial charge in [0.15, 0.2) is 0 Å². The number of carbonyl (C=O) groups excluding carboxylic acids is 1. The van der Waals surface area contributed by atoms with Crippen LogP contribution in [0.5, 0.6) is 5.75 Å². The molecule has 0 aliphatic carbocycles. The standard InChI is InChI=1S/C20H24N2O4S/c1-13(2)21-27(24,25)19-12-16(9-10-18(19)26-4)20(23)22-14(3)11-15-7-5-6-8-17(15)22/h5-10,12-14,21H,11H2,1-4H3/t14-/m1/s1. The van der Waals surface area contributed by atoms with E-state index in [0.717, 1.165) is 17.7 Å². The Labute approximate surface area is 160 Å². The van der Waals surface area contributed by atoms with E-state index in [1.54, 1.807) is 24.8 Å². The Morgan fingerprint density at radius 1 is 1.22 bits per heavy atom. The van der Waals surface area contributed by atoms with E-state index in [0.29, 0.717) is 5.56 Å². The molecule has 144 valence electrons. The van der Waals surface area contributed by atoms with Gasteiger partial charge < -0.3 is 9.64 Å². The highest BCUT2D eigenvalue weighted by Gasteiger charge is 2.32. The van der Waals surface area contributed by atoms with E-state index in [9.17, 15) is 13.2 Å². The molecule has 0 spiro atoms. The van der Waals surface area contributed by atoms with Crippen molar-refractivity contribution in [3.63, 3.8) is 0 Å². The number of fused-ring (bicyclic) bond motifs is 1. The molecule has 6 nitrogen and oxygen atoms in total. The van der Waals surface area contributed by atoms with E-state index < -0.39 is 10.0 Å². The van der Waals surface area contributed by atoms with Crippen LogP contribution in [0.4, 0.5) is 5.69 Å². The fraction of sp³-hybridized carbons (Fsp3) is 0.350. The van der Waals surface area contributed by atoms with Crippen molar-refractivity contribution < 1.29 is 17.9 Å². The molecule has 3 rings (SSSR count). The second-order valence-corrected chi connectivity index (χ2v) is 8.68. The largest absolute Gasteiger partial charge is 0.495 e. The van der Waals surface area contributed by atoms with Crippen LogP contribution in [-0.4, -0.2) is 33.5 Å². The number of sulfonamides is 1. The molecule has 1 aliphatic rings. The number of rotatable bonds is 5. The second-order valence-electron chi connectivity index (χ2n) is 7.00. The molecule has 1 atom stereocenters. The van der Waals surface area contributed by atoms with Gasteiger partial charge in [0.2, 0.25) is 10.0 Å². The molecule has 1 aliphatic heterocycles. The van der Waals surface area contributed by atoms with Crippen molar-refractivity contribution in [1.29, 1.82) is 0 Å². The summed E-state index contributed by atoms with van der Waals surface area (Å²) in [6.45, 7) is 5.46. The number of benzene rings is 2. The van der Waals surface area contributed by atoms with Gasteiger partial charge in [-0.1, -0.05) is 18.2 Å². The molecule has 0 bridgehead atoms. The van der Waals surface area contributed by atoms with Gasteiger partial charge in [-0.25, -0.2) is 13.1 Å². The minimum absolute atomic E-state index is 0.00541. The monoisotopic (exact) mass is 388 g/mol. The molecular weight excluding hydrogens is 364 g/mol. The number of para-hydroxylation sites is 1. The number of methoxy groups -OCH3 is 1. The van der Waals surface area contributed by atoms with Crippen LogP contribution in [0.25, 0.3) is 0 Å². The zero-order valence-corrected chi connectivity index (χ0v) is 16.7. The highest BCUT2D eigenvalue weighted by atomic mass is 32.2. The van der Waals surface area contributed by atoms with Gasteiger partial charge >= 0.3 is 0 Å². The molecule has 1 amide bonds. The molecule has 0 saturated heterocycles. The van der Waals surface area contributed by atoms with Gasteiger partial charge in [0, 0.05) is 23.3 Å². The fourth-order valence-corrected chi connectivity index (χ4v) is 4.85. The summed E-state index contributed by atoms with van der Waals surface area (Å²) in [5.41, 5.74) is 2.29. The molecule has 1 N–H and O–H groups in total. The topological polar surface area (TPSA) is 75.7 Å². The molecule has 2 aromatic carbocycles. The molecule has 0 radical (unpaired) electrons. The van der Waals surface area contributed by atoms with Gasteiger partial charge in [0.05, 0.1) is 7.11 Å². The van der Waals surface area contributed by atoms with Gasteiger partial charge in [-0.3, -0.25) is 4.79 Å². The molecule has 0 unspecified atom stereocenters. The molecule has 0 aromatic heterocycles. The van der Waals surface area contributed by atoms with Gasteiger partial charge in [-0.05, 0) is 57.0 Å². The van der Waals surface area contributed by atoms with Crippen molar-refractivity contribution >= 4 is 21.6 Å². The second kappa shape index (κ2) is 7.32. The van der Waals surface area contributed by atoms with Gasteiger partial charge in [0.1, 0.15) is 10.6 Å². The van der Waals surface area contributed by atoms with Crippen molar-refractivity contribution in [2.24, 2.45) is 0 Å². The van der Waals surface area contributed by atoms with E-state index in [-0.39, 0.29) is 28.6 Å². The zero-order chi connectivity index (χ0) is 19.8. The van der Waals surface area contributed by atoms with Gasteiger partial charge in [-0.2, -0.15) is 0 Å². The number of hydrogen-bond acceptors (Lipinski definition) is 4. The molecule has 1 heterocycles. The quantitative estimate of drug-likeness (QED) is 0.854. The van der Waals surface area contributed by atoms with Crippen LogP contribution < -0.4 is 14.4 Å². The summed E-state index contributed by atoms with van der Waals surface area (Å²) in [4.78, 5) is 14.9. The Morgan fingerprint density at radius 3 is 2.59 bits per heavy atom. The summed E-state index contributed by atoms with van der Waals surface area (Å²) in [6, 6.07) is 12.0. The normalized spacial score (nSPS) is 16.5. The van der Waals surface area contributed by atoms with Crippen molar-refractivity contribution in [1.82, 2.24) is 4.72 Å². The number of ether oxygens (including phenoxy) is 1. The molecule has 7 heteroatoms. The summed E-state index contributed by atoms with van der Waals surface area (Å²) >= 11 is 0. The smallest absolute Gasteiger partial charge is 0.258 e. The minimum Gasteiger partial charge on any atom is -0.495 e. The average Bonchev–Trinajstić information content (AvgIpc) is 2.95. The van der Waals surface area contributed by atoms with Crippen LogP contribution in [0.15, 0.2) is 47.4 Å². The lowest BCUT2D eigenvalue weighted by atomic mass is 10.1. The first-order valence-electron chi connectivity index (χ1n) is 8.86. The van der Waals surface area contributed by atoms with E-state index in [1.807, 2.05) is 31.2 Å². The third-order valence-electron chi connectivity index (χ3n) is 4.52. The predicted octanol–water partition coefficient (Wildman–Crippen LogP) is 2.97. The SMILES string of the molecule is COc1ccc(C(=O)N2c3ccccc3C[C@H]2C)cc1S(=O)(=O)NC(C)C. The lowest BCUT2D eigenvalue weighted by Gasteiger charge is -2.23. The van der Waals surface area contributed by atoms with Crippen LogP contribution in [-0.2, 0) is 16.4 Å². The van der Waals surface area contributed by atoms with Crippen LogP contribution >= 0.6 is 0 Å². The lowest BCUT2D eigenvalue weighted by Crippen LogP contribution is -2.36. The molecule has 0 saturated carbocycles. The minimum atomic E-state index is -3.80. The van der Waals surface area contributed by atoms with Crippen molar-refractivity contribution in [3.8, 4) is 5.75 Å². The number of carbonyl (C=O) groups is 1. The number of hydrogen-bond donors (Lipinski definition) is 1. The van der Waals surface area contributed by atoms with Crippen LogP contribution in [0, 0.1) is 0 Å². The Bertz CT molecular complexity index is 970. The highest BCUT2D eigenvalue weighted by molar-refractivity contribution is 7.89. The van der Waals surface area contributed by atoms with Crippen molar-refractivity contribution in [3.05, 3.63) is 53.6 Å². The summed E-state index contributed by atoms with van der Waals surface area (Å²) in [5, 5.41) is 0. The summed E-state index contributed by atoms with van der Waals surface area (Å²) in [5.74, 6) is -0.0225. The maximum absolute atomic E-state index is 13.2. The molecule has 0 fully saturated rings. The van der Waals surface area contributed by atoms with Gasteiger partial charge in [0.25, 0.3) is 5.91 Å². The number of amides is 1. The molecule has 27 heavy (non-hydrogen) atoms. The van der Waals surface area contributed by atoms with E-state index in [4.69, 9.17) is 4.74 Å². The summed E-state index contributed by atoms with van der Waals surface area (Å²) in [7, 11) is -2.39. The molecule has 2 aromatic rings. The third-order valence-corrected chi connectivity index (χ3v) is 6.20.